The van der Waals surface area contributed by atoms with Crippen LogP contribution in [0.5, 0.6) is 17.2 Å². The van der Waals surface area contributed by atoms with Gasteiger partial charge in [0.05, 0.1) is 11.4 Å². The zero-order chi connectivity index (χ0) is 46.7. The minimum absolute atomic E-state index is 0. The molecule has 0 spiro atoms. The quantitative estimate of drug-likeness (QED) is 0.0787. The van der Waals surface area contributed by atoms with Gasteiger partial charge in [-0.1, -0.05) is 144 Å². The van der Waals surface area contributed by atoms with Crippen LogP contribution >= 0.6 is 0 Å². The third-order valence-electron chi connectivity index (χ3n) is 9.85. The number of fused-ring (bicyclic) bond motifs is 3. The molecule has 10 heteroatoms. The van der Waals surface area contributed by atoms with Gasteiger partial charge < -0.3 is 14.2 Å². The molecule has 0 saturated heterocycles. The minimum atomic E-state index is 0. The van der Waals surface area contributed by atoms with Crippen LogP contribution in [0, 0.1) is 34.6 Å². The average Bonchev–Trinajstić information content (AvgIpc) is 3.35. The molecule has 0 unspecified atom stereocenters. The summed E-state index contributed by atoms with van der Waals surface area (Å²) >= 11 is 0. The van der Waals surface area contributed by atoms with E-state index in [9.17, 15) is 9.59 Å². The third-order valence-corrected chi connectivity index (χ3v) is 9.85. The Kier molecular flexibility index (Phi) is 22.4. The Morgan fingerprint density at radius 3 is 1.17 bits per heavy atom. The van der Waals surface area contributed by atoms with Gasteiger partial charge in [-0.3, -0.25) is 0 Å². The number of aryl methyl sites for hydroxylation is 4. The number of nitriles is 3. The van der Waals surface area contributed by atoms with Crippen molar-refractivity contribution in [1.82, 2.24) is 0 Å². The molecule has 0 fully saturated rings. The molecule has 0 aromatic heterocycles. The lowest BCUT2D eigenvalue weighted by atomic mass is 10.1. The number of benzene rings is 8. The molecule has 0 aliphatic rings. The summed E-state index contributed by atoms with van der Waals surface area (Å²) in [5.41, 5.74) is 6.76. The molecule has 8 aromatic carbocycles. The second kappa shape index (κ2) is 28.7. The number of hydrogen-bond acceptors (Lipinski definition) is 10. The smallest absolute Gasteiger partial charge is 0.292 e. The Labute approximate surface area is 386 Å². The van der Waals surface area contributed by atoms with E-state index in [0.29, 0.717) is 28.6 Å². The predicted octanol–water partition coefficient (Wildman–Crippen LogP) is 14.3. The van der Waals surface area contributed by atoms with E-state index in [2.05, 4.69) is 86.2 Å². The van der Waals surface area contributed by atoms with Gasteiger partial charge in [-0.15, -0.1) is 15.8 Å². The molecule has 0 aliphatic carbocycles. The summed E-state index contributed by atoms with van der Waals surface area (Å²) in [5.74, 6) is 1.53. The fourth-order valence-electron chi connectivity index (χ4n) is 6.26. The maximum atomic E-state index is 10.1. The highest BCUT2D eigenvalue weighted by Crippen LogP contribution is 2.27. The molecule has 8 aromatic rings. The van der Waals surface area contributed by atoms with Crippen LogP contribution in [-0.4, -0.2) is 12.2 Å². The van der Waals surface area contributed by atoms with Gasteiger partial charge in [0.2, 0.25) is 12.2 Å². The first-order valence-corrected chi connectivity index (χ1v) is 20.9. The third kappa shape index (κ3) is 16.5. The van der Waals surface area contributed by atoms with Gasteiger partial charge >= 0.3 is 0 Å². The average molecular weight is 874 g/mol. The number of rotatable bonds is 9. The lowest BCUT2D eigenvalue weighted by Crippen LogP contribution is -1.82. The van der Waals surface area contributed by atoms with Crippen LogP contribution in [0.15, 0.2) is 174 Å². The second-order valence-corrected chi connectivity index (χ2v) is 13.9. The van der Waals surface area contributed by atoms with Crippen LogP contribution in [0.25, 0.3) is 32.3 Å². The minimum Gasteiger partial charge on any atom is -0.388 e. The van der Waals surface area contributed by atoms with E-state index in [1.807, 2.05) is 60.7 Å². The maximum absolute atomic E-state index is 10.1. The van der Waals surface area contributed by atoms with Crippen molar-refractivity contribution in [1.29, 1.82) is 15.8 Å². The Bertz CT molecular complexity index is 2800. The molecule has 0 heterocycles. The topological polar surface area (TPSA) is 158 Å². The molecule has 330 valence electrons. The first kappa shape index (κ1) is 51.5. The highest BCUT2D eigenvalue weighted by molar-refractivity contribution is 5.89. The molecule has 0 bridgehead atoms. The Morgan fingerprint density at radius 1 is 0.409 bits per heavy atom. The van der Waals surface area contributed by atoms with Crippen LogP contribution in [0.3, 0.4) is 0 Å². The fraction of sp³-hybridized carbons (Fsp3) is 0.161. The van der Waals surface area contributed by atoms with Crippen LogP contribution in [-0.2, 0) is 35.3 Å². The van der Waals surface area contributed by atoms with Crippen molar-refractivity contribution in [2.24, 2.45) is 9.98 Å². The van der Waals surface area contributed by atoms with Crippen molar-refractivity contribution in [2.45, 2.75) is 60.8 Å². The number of carbonyl (C=O) groups excluding carboxylic acids is 2. The summed E-state index contributed by atoms with van der Waals surface area (Å²) < 4.78 is 14.2. The number of isocyanates is 2. The van der Waals surface area contributed by atoms with E-state index >= 15 is 0 Å². The van der Waals surface area contributed by atoms with Crippen molar-refractivity contribution in [3.05, 3.63) is 186 Å². The van der Waals surface area contributed by atoms with E-state index in [-0.39, 0.29) is 7.43 Å². The first-order chi connectivity index (χ1) is 31.8. The van der Waals surface area contributed by atoms with Crippen molar-refractivity contribution in [3.8, 4) is 36.0 Å². The summed E-state index contributed by atoms with van der Waals surface area (Å²) in [7, 11) is 0. The Hall–Kier alpha value is -8.83. The molecule has 0 aliphatic heterocycles. The highest BCUT2D eigenvalue weighted by atomic mass is 16.5. The number of aliphatic imine (C=N–C) groups is 2. The van der Waals surface area contributed by atoms with Crippen LogP contribution in [0.4, 0.5) is 11.4 Å². The molecule has 0 atom stereocenters. The Morgan fingerprint density at radius 2 is 0.788 bits per heavy atom. The summed E-state index contributed by atoms with van der Waals surface area (Å²) in [4.78, 5) is 27.3. The van der Waals surface area contributed by atoms with Gasteiger partial charge in [-0.2, -0.15) is 9.98 Å². The van der Waals surface area contributed by atoms with Crippen LogP contribution in [0.2, 0.25) is 0 Å². The number of hydrogen-bond donors (Lipinski definition) is 0. The van der Waals surface area contributed by atoms with Gasteiger partial charge in [0.15, 0.2) is 0 Å². The molecule has 8 rings (SSSR count). The number of ether oxygens (including phenoxy) is 3. The van der Waals surface area contributed by atoms with Gasteiger partial charge in [-0.25, -0.2) is 9.59 Å². The van der Waals surface area contributed by atoms with E-state index < -0.39 is 0 Å². The van der Waals surface area contributed by atoms with E-state index in [4.69, 9.17) is 30.0 Å². The zero-order valence-corrected chi connectivity index (χ0v) is 36.7. The molecular formula is C56H51N5O5. The highest BCUT2D eigenvalue weighted by Gasteiger charge is 2.02. The summed E-state index contributed by atoms with van der Waals surface area (Å²) in [5, 5.41) is 30.9. The van der Waals surface area contributed by atoms with E-state index in [1.165, 1.54) is 34.4 Å². The molecule has 0 amide bonds. The standard InChI is InChI=1S/2C12H6N2O2.C11H7NO.2C10H14.CH4/c2*13-7-16-12-4-2-9-1-3-11(14-8-15)5-10(9)6-12;12-8-13-11-7-3-5-9-4-1-2-6-10(9)11;2*1-3-9-5-7-10(4-2)8-6-9;/h2*1-6H;1-7H;2*5-8H,3-4H2,1-2H3;1H4. The normalized spacial score (nSPS) is 9.29. The van der Waals surface area contributed by atoms with Crippen LogP contribution in [0.1, 0.15) is 57.4 Å². The predicted molar refractivity (Wildman–Crippen MR) is 263 cm³/mol. The summed E-state index contributed by atoms with van der Waals surface area (Å²) in [6.07, 6.45) is 12.4. The Balaban J connectivity index is 0.000000221. The molecule has 10 nitrogen and oxygen atoms in total. The monoisotopic (exact) mass is 873 g/mol. The lowest BCUT2D eigenvalue weighted by molar-refractivity contribution is 0.508. The summed E-state index contributed by atoms with van der Waals surface area (Å²) in [6.45, 7) is 8.73. The van der Waals surface area contributed by atoms with E-state index in [0.717, 1.165) is 58.0 Å². The van der Waals surface area contributed by atoms with E-state index in [1.54, 1.807) is 73.4 Å². The fourth-order valence-corrected chi connectivity index (χ4v) is 6.26. The van der Waals surface area contributed by atoms with Gasteiger partial charge in [0, 0.05) is 5.39 Å². The van der Waals surface area contributed by atoms with Gasteiger partial charge in [0.25, 0.3) is 18.8 Å². The van der Waals surface area contributed by atoms with Crippen LogP contribution < -0.4 is 14.2 Å². The number of nitrogens with zero attached hydrogens (tertiary/aromatic N) is 5. The summed E-state index contributed by atoms with van der Waals surface area (Å²) in [6, 6.07) is 52.1. The SMILES string of the molecule is C.CCc1ccc(CC)cc1.CCc1ccc(CC)cc1.N#COc1ccc2ccc(N=C=O)cc2c1.N#COc1ccc2ccc(N=C=O)cc2c1.N#COc1cccc2ccccc12. The molecule has 0 saturated carbocycles. The van der Waals surface area contributed by atoms with Gasteiger partial charge in [-0.05, 0) is 129 Å². The largest absolute Gasteiger partial charge is 0.388 e. The second-order valence-electron chi connectivity index (χ2n) is 13.9. The lowest BCUT2D eigenvalue weighted by Gasteiger charge is -2.00. The first-order valence-electron chi connectivity index (χ1n) is 20.9. The van der Waals surface area contributed by atoms with Crippen molar-refractivity contribution < 1.29 is 23.8 Å². The maximum Gasteiger partial charge on any atom is 0.292 e. The molecule has 0 radical (unpaired) electrons. The van der Waals surface area contributed by atoms with Crippen molar-refractivity contribution >= 4 is 55.9 Å². The molecular weight excluding hydrogens is 823 g/mol. The zero-order valence-electron chi connectivity index (χ0n) is 36.7. The van der Waals surface area contributed by atoms with Crippen molar-refractivity contribution in [2.75, 3.05) is 0 Å². The van der Waals surface area contributed by atoms with Gasteiger partial charge in [0.1, 0.15) is 17.2 Å². The molecule has 0 N–H and O–H groups in total. The molecule has 66 heavy (non-hydrogen) atoms. The van der Waals surface area contributed by atoms with Crippen molar-refractivity contribution in [3.63, 3.8) is 0 Å².